The highest BCUT2D eigenvalue weighted by Gasteiger charge is 2.40. The molecule has 0 radical (unpaired) electrons. The van der Waals surface area contributed by atoms with E-state index in [4.69, 9.17) is 4.74 Å². The molecule has 23 heavy (non-hydrogen) atoms. The van der Waals surface area contributed by atoms with Gasteiger partial charge in [0.25, 0.3) is 0 Å². The number of likely N-dealkylation sites (tertiary alicyclic amines) is 1. The Morgan fingerprint density at radius 1 is 1.30 bits per heavy atom. The Kier molecular flexibility index (Phi) is 4.66. The van der Waals surface area contributed by atoms with Crippen molar-refractivity contribution in [1.82, 2.24) is 19.8 Å². The number of aromatic nitrogens is 2. The molecule has 1 aromatic rings. The number of urea groups is 1. The van der Waals surface area contributed by atoms with Crippen LogP contribution in [0, 0.1) is 5.41 Å². The fourth-order valence-corrected chi connectivity index (χ4v) is 3.54. The summed E-state index contributed by atoms with van der Waals surface area (Å²) in [5.74, 6) is 0.883. The lowest BCUT2D eigenvalue weighted by Gasteiger charge is -2.44. The van der Waals surface area contributed by atoms with Crippen LogP contribution in [0.5, 0.6) is 0 Å². The van der Waals surface area contributed by atoms with Crippen LogP contribution in [0.1, 0.15) is 12.8 Å². The van der Waals surface area contributed by atoms with E-state index in [1.165, 1.54) is 0 Å². The molecule has 0 unspecified atom stereocenters. The van der Waals surface area contributed by atoms with Crippen LogP contribution >= 0.6 is 0 Å². The zero-order chi connectivity index (χ0) is 16.3. The van der Waals surface area contributed by atoms with Gasteiger partial charge in [-0.25, -0.2) is 9.78 Å². The molecule has 1 atom stereocenters. The molecule has 2 saturated heterocycles. The van der Waals surface area contributed by atoms with Gasteiger partial charge >= 0.3 is 6.03 Å². The van der Waals surface area contributed by atoms with Crippen molar-refractivity contribution in [3.63, 3.8) is 0 Å². The molecule has 2 aliphatic rings. The summed E-state index contributed by atoms with van der Waals surface area (Å²) in [5.41, 5.74) is -0.0298. The smallest absolute Gasteiger partial charge is 0.319 e. The number of hydrogen-bond acceptors (Lipinski definition) is 5. The van der Waals surface area contributed by atoms with Crippen LogP contribution in [-0.4, -0.2) is 79.3 Å². The maximum absolute atomic E-state index is 12.3. The van der Waals surface area contributed by atoms with Crippen molar-refractivity contribution in [2.24, 2.45) is 5.41 Å². The first-order chi connectivity index (χ1) is 11.1. The van der Waals surface area contributed by atoms with Crippen LogP contribution < -0.4 is 4.90 Å². The predicted octanol–water partition coefficient (Wildman–Crippen LogP) is 1.08. The van der Waals surface area contributed by atoms with Gasteiger partial charge < -0.3 is 19.4 Å². The quantitative estimate of drug-likeness (QED) is 0.775. The summed E-state index contributed by atoms with van der Waals surface area (Å²) in [6.07, 6.45) is 7.28. The average Bonchev–Trinajstić information content (AvgIpc) is 2.77. The first kappa shape index (κ1) is 16.0. The number of carbonyl (C=O) groups excluding carboxylic acids is 1. The van der Waals surface area contributed by atoms with E-state index in [1.54, 1.807) is 37.6 Å². The Bertz CT molecular complexity index is 539. The van der Waals surface area contributed by atoms with Gasteiger partial charge in [-0.1, -0.05) is 0 Å². The van der Waals surface area contributed by atoms with E-state index < -0.39 is 0 Å². The predicted molar refractivity (Wildman–Crippen MR) is 87.4 cm³/mol. The second-order valence-corrected chi connectivity index (χ2v) is 6.74. The summed E-state index contributed by atoms with van der Waals surface area (Å²) in [7, 11) is 3.61. The SMILES string of the molecule is CN(C)C(=O)N1CCC[C@]2(COCCN(c3cnccn3)C2)C1. The highest BCUT2D eigenvalue weighted by atomic mass is 16.5. The van der Waals surface area contributed by atoms with Gasteiger partial charge in [-0.3, -0.25) is 4.98 Å². The monoisotopic (exact) mass is 319 g/mol. The maximum atomic E-state index is 12.3. The Balaban J connectivity index is 1.77. The van der Waals surface area contributed by atoms with Crippen molar-refractivity contribution in [1.29, 1.82) is 0 Å². The van der Waals surface area contributed by atoms with E-state index >= 15 is 0 Å². The van der Waals surface area contributed by atoms with Gasteiger partial charge in [0.2, 0.25) is 0 Å². The molecule has 3 heterocycles. The zero-order valence-electron chi connectivity index (χ0n) is 13.9. The number of nitrogens with zero attached hydrogens (tertiary/aromatic N) is 5. The van der Waals surface area contributed by atoms with Crippen molar-refractivity contribution < 1.29 is 9.53 Å². The van der Waals surface area contributed by atoms with Gasteiger partial charge in [0, 0.05) is 58.1 Å². The van der Waals surface area contributed by atoms with Crippen molar-refractivity contribution in [3.05, 3.63) is 18.6 Å². The fraction of sp³-hybridized carbons (Fsp3) is 0.688. The summed E-state index contributed by atoms with van der Waals surface area (Å²) < 4.78 is 5.89. The third-order valence-corrected chi connectivity index (χ3v) is 4.63. The number of amides is 2. The van der Waals surface area contributed by atoms with E-state index in [9.17, 15) is 4.79 Å². The second-order valence-electron chi connectivity index (χ2n) is 6.74. The van der Waals surface area contributed by atoms with Gasteiger partial charge in [0.15, 0.2) is 0 Å². The van der Waals surface area contributed by atoms with Gasteiger partial charge in [-0.15, -0.1) is 0 Å². The number of carbonyl (C=O) groups is 1. The molecule has 0 aliphatic carbocycles. The van der Waals surface area contributed by atoms with Crippen molar-refractivity contribution in [2.45, 2.75) is 12.8 Å². The second kappa shape index (κ2) is 6.70. The minimum Gasteiger partial charge on any atom is -0.379 e. The Morgan fingerprint density at radius 3 is 2.91 bits per heavy atom. The summed E-state index contributed by atoms with van der Waals surface area (Å²) in [6.45, 7) is 4.59. The molecule has 126 valence electrons. The molecule has 1 spiro atoms. The molecule has 2 fully saturated rings. The molecular weight excluding hydrogens is 294 g/mol. The molecule has 0 bridgehead atoms. The third kappa shape index (κ3) is 3.55. The normalized spacial score (nSPS) is 25.3. The largest absolute Gasteiger partial charge is 0.379 e. The average molecular weight is 319 g/mol. The van der Waals surface area contributed by atoms with E-state index in [-0.39, 0.29) is 11.4 Å². The van der Waals surface area contributed by atoms with Crippen LogP contribution in [-0.2, 0) is 4.74 Å². The highest BCUT2D eigenvalue weighted by Crippen LogP contribution is 2.34. The van der Waals surface area contributed by atoms with Crippen LogP contribution in [0.15, 0.2) is 18.6 Å². The molecule has 7 nitrogen and oxygen atoms in total. The fourth-order valence-electron chi connectivity index (χ4n) is 3.54. The highest BCUT2D eigenvalue weighted by molar-refractivity contribution is 5.74. The lowest BCUT2D eigenvalue weighted by atomic mass is 9.80. The molecule has 0 aromatic carbocycles. The van der Waals surface area contributed by atoms with Gasteiger partial charge in [0.1, 0.15) is 5.82 Å². The van der Waals surface area contributed by atoms with E-state index in [0.29, 0.717) is 13.2 Å². The summed E-state index contributed by atoms with van der Waals surface area (Å²) >= 11 is 0. The van der Waals surface area contributed by atoms with Crippen molar-refractivity contribution >= 4 is 11.8 Å². The minimum atomic E-state index is -0.0298. The van der Waals surface area contributed by atoms with Crippen LogP contribution in [0.3, 0.4) is 0 Å². The van der Waals surface area contributed by atoms with Crippen molar-refractivity contribution in [2.75, 3.05) is 58.4 Å². The number of anilines is 1. The van der Waals surface area contributed by atoms with Crippen LogP contribution in [0.2, 0.25) is 0 Å². The summed E-state index contributed by atoms with van der Waals surface area (Å²) in [5, 5.41) is 0. The zero-order valence-corrected chi connectivity index (χ0v) is 13.9. The number of ether oxygens (including phenoxy) is 1. The Morgan fingerprint density at radius 2 is 2.17 bits per heavy atom. The maximum Gasteiger partial charge on any atom is 0.319 e. The third-order valence-electron chi connectivity index (χ3n) is 4.63. The number of piperidine rings is 1. The minimum absolute atomic E-state index is 0.0298. The molecule has 7 heteroatoms. The molecule has 1 aromatic heterocycles. The van der Waals surface area contributed by atoms with Crippen LogP contribution in [0.25, 0.3) is 0 Å². The Hall–Kier alpha value is -1.89. The molecule has 0 N–H and O–H groups in total. The number of rotatable bonds is 1. The first-order valence-electron chi connectivity index (χ1n) is 8.15. The van der Waals surface area contributed by atoms with Crippen molar-refractivity contribution in [3.8, 4) is 0 Å². The van der Waals surface area contributed by atoms with Crippen LogP contribution in [0.4, 0.5) is 10.6 Å². The molecule has 0 saturated carbocycles. The number of hydrogen-bond donors (Lipinski definition) is 0. The van der Waals surface area contributed by atoms with Gasteiger partial charge in [0.05, 0.1) is 19.4 Å². The lowest BCUT2D eigenvalue weighted by Crippen LogP contribution is -2.54. The first-order valence-corrected chi connectivity index (χ1v) is 8.15. The molecule has 2 amide bonds. The molecular formula is C16H25N5O2. The van der Waals surface area contributed by atoms with E-state index in [1.807, 2.05) is 4.90 Å². The topological polar surface area (TPSA) is 61.8 Å². The van der Waals surface area contributed by atoms with E-state index in [2.05, 4.69) is 14.9 Å². The standard InChI is InChI=1S/C16H25N5O2/c1-19(2)15(22)21-7-3-4-16(12-21)11-20(8-9-23-13-16)14-10-17-5-6-18-14/h5-6,10H,3-4,7-9,11-13H2,1-2H3/t16-/m1/s1. The Labute approximate surface area is 137 Å². The van der Waals surface area contributed by atoms with Gasteiger partial charge in [-0.05, 0) is 12.8 Å². The molecule has 2 aliphatic heterocycles. The lowest BCUT2D eigenvalue weighted by molar-refractivity contribution is 0.0210. The summed E-state index contributed by atoms with van der Waals surface area (Å²) in [6, 6.07) is 0.0828. The van der Waals surface area contributed by atoms with Gasteiger partial charge in [-0.2, -0.15) is 0 Å². The van der Waals surface area contributed by atoms with E-state index in [0.717, 1.165) is 44.8 Å². The summed E-state index contributed by atoms with van der Waals surface area (Å²) in [4.78, 5) is 26.8. The molecule has 3 rings (SSSR count).